The van der Waals surface area contributed by atoms with Gasteiger partial charge in [-0.15, -0.1) is 24.0 Å². The summed E-state index contributed by atoms with van der Waals surface area (Å²) in [5, 5.41) is 8.83. The summed E-state index contributed by atoms with van der Waals surface area (Å²) in [6.45, 7) is 6.66. The molecule has 0 aromatic heterocycles. The highest BCUT2D eigenvalue weighted by Crippen LogP contribution is 2.35. The average Bonchev–Trinajstić information content (AvgIpc) is 3.47. The minimum Gasteiger partial charge on any atom is -0.491 e. The minimum absolute atomic E-state index is 0. The van der Waals surface area contributed by atoms with Crippen molar-refractivity contribution in [2.24, 2.45) is 10.9 Å². The van der Waals surface area contributed by atoms with Crippen LogP contribution in [0.15, 0.2) is 23.2 Å². The number of aliphatic imine (C=N–C) groups is 1. The third-order valence-corrected chi connectivity index (χ3v) is 4.18. The van der Waals surface area contributed by atoms with E-state index in [0.717, 1.165) is 18.9 Å². The van der Waals surface area contributed by atoms with Gasteiger partial charge in [-0.1, -0.05) is 6.07 Å². The fourth-order valence-corrected chi connectivity index (χ4v) is 2.67. The highest BCUT2D eigenvalue weighted by atomic mass is 127. The van der Waals surface area contributed by atoms with Crippen LogP contribution in [0.1, 0.15) is 44.7 Å². The van der Waals surface area contributed by atoms with Gasteiger partial charge in [0, 0.05) is 25.6 Å². The number of guanidine groups is 1. The van der Waals surface area contributed by atoms with Crippen LogP contribution in [0.4, 0.5) is 13.2 Å². The summed E-state index contributed by atoms with van der Waals surface area (Å²) < 4.78 is 45.8. The number of hydrogen-bond donors (Lipinski definition) is 3. The number of alkyl halides is 3. The topological polar surface area (TPSA) is 74.8 Å². The first-order chi connectivity index (χ1) is 13.7. The lowest BCUT2D eigenvalue weighted by atomic mass is 10.1. The predicted molar refractivity (Wildman–Crippen MR) is 121 cm³/mol. The second-order valence-corrected chi connectivity index (χ2v) is 7.17. The second-order valence-electron chi connectivity index (χ2n) is 7.17. The number of rotatable bonds is 9. The Morgan fingerprint density at radius 1 is 1.20 bits per heavy atom. The van der Waals surface area contributed by atoms with E-state index in [2.05, 4.69) is 20.9 Å². The molecule has 2 rings (SSSR count). The molecule has 6 nitrogen and oxygen atoms in total. The van der Waals surface area contributed by atoms with Crippen LogP contribution in [-0.2, 0) is 17.5 Å². The molecule has 1 aromatic carbocycles. The number of nitrogens with zero attached hydrogens (tertiary/aromatic N) is 1. The fourth-order valence-electron chi connectivity index (χ4n) is 2.67. The number of halogens is 4. The largest absolute Gasteiger partial charge is 0.491 e. The summed E-state index contributed by atoms with van der Waals surface area (Å²) in [7, 11) is 0. The maximum absolute atomic E-state index is 13.5. The molecule has 170 valence electrons. The van der Waals surface area contributed by atoms with Crippen molar-refractivity contribution in [3.8, 4) is 5.75 Å². The quantitative estimate of drug-likeness (QED) is 0.193. The molecule has 0 spiro atoms. The Balaban J connectivity index is 0.00000450. The van der Waals surface area contributed by atoms with Gasteiger partial charge in [0.2, 0.25) is 5.91 Å². The molecule has 3 N–H and O–H groups in total. The second kappa shape index (κ2) is 12.2. The SMILES string of the molecule is CCNC(=NCc1ccc(OC(C)C)cc1C(F)(F)F)NCCNC(=O)C1CC1.I. The summed E-state index contributed by atoms with van der Waals surface area (Å²) in [5.74, 6) is 0.757. The number of amides is 1. The van der Waals surface area contributed by atoms with Crippen molar-refractivity contribution < 1.29 is 22.7 Å². The zero-order chi connectivity index (χ0) is 21.4. The van der Waals surface area contributed by atoms with Crippen LogP contribution in [0.3, 0.4) is 0 Å². The maximum atomic E-state index is 13.5. The molecular weight excluding hydrogens is 512 g/mol. The van der Waals surface area contributed by atoms with E-state index in [1.807, 2.05) is 6.92 Å². The number of hydrogen-bond acceptors (Lipinski definition) is 3. The van der Waals surface area contributed by atoms with E-state index in [4.69, 9.17) is 4.74 Å². The van der Waals surface area contributed by atoms with Crippen LogP contribution in [0.2, 0.25) is 0 Å². The van der Waals surface area contributed by atoms with E-state index in [9.17, 15) is 18.0 Å². The van der Waals surface area contributed by atoms with Crippen LogP contribution in [0, 0.1) is 5.92 Å². The van der Waals surface area contributed by atoms with Crippen LogP contribution in [0.25, 0.3) is 0 Å². The first kappa shape index (κ1) is 26.3. The molecular formula is C20H30F3IN4O2. The number of ether oxygens (including phenoxy) is 1. The van der Waals surface area contributed by atoms with Gasteiger partial charge in [-0.2, -0.15) is 13.2 Å². The van der Waals surface area contributed by atoms with Crippen molar-refractivity contribution in [3.05, 3.63) is 29.3 Å². The highest BCUT2D eigenvalue weighted by Gasteiger charge is 2.34. The molecule has 0 saturated heterocycles. The molecule has 1 aromatic rings. The molecule has 0 heterocycles. The van der Waals surface area contributed by atoms with E-state index in [1.54, 1.807) is 13.8 Å². The fraction of sp³-hybridized carbons (Fsp3) is 0.600. The summed E-state index contributed by atoms with van der Waals surface area (Å²) >= 11 is 0. The van der Waals surface area contributed by atoms with E-state index in [-0.39, 0.29) is 59.8 Å². The molecule has 0 aliphatic heterocycles. The molecule has 1 amide bonds. The Hall–Kier alpha value is -1.72. The van der Waals surface area contributed by atoms with Gasteiger partial charge in [-0.25, -0.2) is 4.99 Å². The van der Waals surface area contributed by atoms with Gasteiger partial charge in [0.25, 0.3) is 0 Å². The van der Waals surface area contributed by atoms with E-state index >= 15 is 0 Å². The lowest BCUT2D eigenvalue weighted by Gasteiger charge is -2.16. The van der Waals surface area contributed by atoms with E-state index < -0.39 is 11.7 Å². The summed E-state index contributed by atoms with van der Waals surface area (Å²) in [5.41, 5.74) is -0.695. The molecule has 0 unspecified atom stereocenters. The summed E-state index contributed by atoms with van der Waals surface area (Å²) in [6.07, 6.45) is -2.84. The maximum Gasteiger partial charge on any atom is 0.416 e. The predicted octanol–water partition coefficient (Wildman–Crippen LogP) is 3.69. The van der Waals surface area contributed by atoms with Crippen molar-refractivity contribution in [2.75, 3.05) is 19.6 Å². The zero-order valence-corrected chi connectivity index (χ0v) is 19.8. The van der Waals surface area contributed by atoms with Crippen LogP contribution in [0.5, 0.6) is 5.75 Å². The monoisotopic (exact) mass is 542 g/mol. The van der Waals surface area contributed by atoms with Crippen molar-refractivity contribution >= 4 is 35.8 Å². The van der Waals surface area contributed by atoms with E-state index in [0.29, 0.717) is 25.6 Å². The van der Waals surface area contributed by atoms with Crippen LogP contribution in [-0.4, -0.2) is 37.6 Å². The molecule has 0 radical (unpaired) electrons. The molecule has 0 bridgehead atoms. The average molecular weight is 542 g/mol. The Kier molecular flexibility index (Phi) is 10.7. The van der Waals surface area contributed by atoms with Gasteiger partial charge in [-0.05, 0) is 51.3 Å². The van der Waals surface area contributed by atoms with Crippen molar-refractivity contribution in [3.63, 3.8) is 0 Å². The summed E-state index contributed by atoms with van der Waals surface area (Å²) in [4.78, 5) is 15.9. The molecule has 1 aliphatic rings. The molecule has 30 heavy (non-hydrogen) atoms. The lowest BCUT2D eigenvalue weighted by molar-refractivity contribution is -0.138. The first-order valence-corrected chi connectivity index (χ1v) is 9.87. The zero-order valence-electron chi connectivity index (χ0n) is 17.4. The molecule has 1 saturated carbocycles. The van der Waals surface area contributed by atoms with Crippen LogP contribution >= 0.6 is 24.0 Å². The standard InChI is InChI=1S/C20H29F3N4O2.HI/c1-4-24-19(26-10-9-25-18(28)14-5-6-14)27-12-15-7-8-16(29-13(2)3)11-17(15)20(21,22)23;/h7-8,11,13-14H,4-6,9-10,12H2,1-3H3,(H,25,28)(H2,24,26,27);1H. The van der Waals surface area contributed by atoms with Gasteiger partial charge in [0.1, 0.15) is 5.75 Å². The molecule has 1 fully saturated rings. The lowest BCUT2D eigenvalue weighted by Crippen LogP contribution is -2.41. The van der Waals surface area contributed by atoms with Crippen molar-refractivity contribution in [2.45, 2.75) is 52.4 Å². The van der Waals surface area contributed by atoms with Gasteiger partial charge in [-0.3, -0.25) is 4.79 Å². The number of benzene rings is 1. The third kappa shape index (κ3) is 8.97. The van der Waals surface area contributed by atoms with E-state index in [1.165, 1.54) is 12.1 Å². The molecule has 10 heteroatoms. The number of carbonyl (C=O) groups excluding carboxylic acids is 1. The Morgan fingerprint density at radius 3 is 2.43 bits per heavy atom. The highest BCUT2D eigenvalue weighted by molar-refractivity contribution is 14.0. The Bertz CT molecular complexity index is 722. The number of carbonyl (C=O) groups is 1. The third-order valence-electron chi connectivity index (χ3n) is 4.18. The number of nitrogens with one attached hydrogen (secondary N) is 3. The normalized spacial score (nSPS) is 14.2. The molecule has 1 aliphatic carbocycles. The smallest absolute Gasteiger partial charge is 0.416 e. The van der Waals surface area contributed by atoms with Crippen molar-refractivity contribution in [1.29, 1.82) is 0 Å². The Morgan fingerprint density at radius 2 is 1.87 bits per heavy atom. The van der Waals surface area contributed by atoms with Gasteiger partial charge < -0.3 is 20.7 Å². The van der Waals surface area contributed by atoms with Gasteiger partial charge >= 0.3 is 6.18 Å². The Labute approximate surface area is 192 Å². The van der Waals surface area contributed by atoms with Gasteiger partial charge in [0.15, 0.2) is 5.96 Å². The minimum atomic E-state index is -4.50. The first-order valence-electron chi connectivity index (χ1n) is 9.87. The molecule has 0 atom stereocenters. The summed E-state index contributed by atoms with van der Waals surface area (Å²) in [6, 6.07) is 3.93. The van der Waals surface area contributed by atoms with Crippen LogP contribution < -0.4 is 20.7 Å². The van der Waals surface area contributed by atoms with Crippen molar-refractivity contribution in [1.82, 2.24) is 16.0 Å². The van der Waals surface area contributed by atoms with Gasteiger partial charge in [0.05, 0.1) is 18.2 Å².